The van der Waals surface area contributed by atoms with Crippen LogP contribution < -0.4 is 4.57 Å². The Morgan fingerprint density at radius 3 is 0.887 bits per heavy atom. The van der Waals surface area contributed by atoms with Crippen LogP contribution in [0.2, 0.25) is 0 Å². The molecule has 0 spiro atoms. The van der Waals surface area contributed by atoms with Gasteiger partial charge in [0.25, 0.3) is 0 Å². The molecule has 26 nitrogen and oxygen atoms in total. The number of hydrogen-bond acceptors (Lipinski definition) is 18. The van der Waals surface area contributed by atoms with Crippen molar-refractivity contribution in [2.45, 2.75) is 85.7 Å². The minimum Gasteiger partial charge on any atom is -0.481 e. The summed E-state index contributed by atoms with van der Waals surface area (Å²) in [5.74, 6) is -7.79. The minimum atomic E-state index is -1.05. The number of hydrogen-bond donors (Lipinski definition) is 7. The fourth-order valence-corrected chi connectivity index (χ4v) is 6.17. The molecule has 1 heterocycles. The van der Waals surface area contributed by atoms with Crippen molar-refractivity contribution in [3.8, 4) is 0 Å². The van der Waals surface area contributed by atoms with Gasteiger partial charge >= 0.3 is 47.8 Å². The molecule has 0 saturated heterocycles. The van der Waals surface area contributed by atoms with Gasteiger partial charge in [-0.05, 0) is 25.2 Å². The van der Waals surface area contributed by atoms with E-state index in [0.717, 1.165) is 5.56 Å². The lowest BCUT2D eigenvalue weighted by molar-refractivity contribution is -0.677. The molecule has 0 bridgehead atoms. The van der Waals surface area contributed by atoms with Gasteiger partial charge in [-0.1, -0.05) is 57.2 Å². The van der Waals surface area contributed by atoms with Gasteiger partial charge in [0.15, 0.2) is 11.9 Å². The van der Waals surface area contributed by atoms with Crippen LogP contribution in [0.1, 0.15) is 83.4 Å². The van der Waals surface area contributed by atoms with Crippen LogP contribution in [0.3, 0.4) is 0 Å². The molecule has 26 heteroatoms. The van der Waals surface area contributed by atoms with Crippen LogP contribution in [-0.2, 0) is 94.6 Å². The predicted molar refractivity (Wildman–Crippen MR) is 284 cm³/mol. The van der Waals surface area contributed by atoms with Crippen LogP contribution in [0.4, 0.5) is 0 Å². The number of carbonyl (C=O) groups excluding carboxylic acids is 1. The maximum Gasteiger partial charge on any atom is 0.308 e. The van der Waals surface area contributed by atoms with E-state index >= 15 is 0 Å². The van der Waals surface area contributed by atoms with Crippen molar-refractivity contribution in [3.63, 3.8) is 0 Å². The average Bonchev–Trinajstić information content (AvgIpc) is 3.40. The molecule has 80 heavy (non-hydrogen) atoms. The summed E-state index contributed by atoms with van der Waals surface area (Å²) >= 11 is 0. The summed E-state index contributed by atoms with van der Waals surface area (Å²) in [5.41, 5.74) is 0.131. The summed E-state index contributed by atoms with van der Waals surface area (Å²) in [6.45, 7) is 11.2. The van der Waals surface area contributed by atoms with Crippen LogP contribution in [0.5, 0.6) is 0 Å². The largest absolute Gasteiger partial charge is 0.481 e. The molecule has 1 aromatic heterocycles. The van der Waals surface area contributed by atoms with Crippen LogP contribution in [-0.4, -0.2) is 214 Å². The number of aliphatic carboxylic acids is 7. The van der Waals surface area contributed by atoms with Crippen molar-refractivity contribution >= 4 is 47.8 Å². The zero-order chi connectivity index (χ0) is 60.5. The monoisotopic (exact) mass is 1150 g/mol. The molecule has 0 radical (unpaired) electrons. The molecule has 2 rings (SSSR count). The lowest BCUT2D eigenvalue weighted by Gasteiger charge is -2.33. The lowest BCUT2D eigenvalue weighted by atomic mass is 9.92. The molecule has 2 aromatic rings. The van der Waals surface area contributed by atoms with E-state index in [2.05, 4.69) is 43.2 Å². The first-order valence-electron chi connectivity index (χ1n) is 26.0. The number of pyridine rings is 1. The fraction of sp³-hybridized carbons (Fsp3) is 0.648. The van der Waals surface area contributed by atoms with Crippen molar-refractivity contribution in [2.75, 3.05) is 125 Å². The van der Waals surface area contributed by atoms with Crippen molar-refractivity contribution in [1.82, 2.24) is 4.90 Å². The summed E-state index contributed by atoms with van der Waals surface area (Å²) in [7, 11) is 2.04. The second-order valence-corrected chi connectivity index (χ2v) is 17.9. The molecule has 1 aromatic carbocycles. The molecule has 7 N–H and O–H groups in total. The van der Waals surface area contributed by atoms with Gasteiger partial charge in [-0.2, -0.15) is 0 Å². The van der Waals surface area contributed by atoms with Gasteiger partial charge in [0.05, 0.1) is 168 Å². The summed E-state index contributed by atoms with van der Waals surface area (Å²) in [6.07, 6.45) is 0.354. The third-order valence-corrected chi connectivity index (χ3v) is 10.8. The standard InChI is InChI=1S/C24H34O12.C17H28O12.C7H10N.C6H15N/c25-20(26)6-10-32-15-24(16-33-11-7-21(27)28,17-34-12-8-22(29)30)18-35-13-9-23(31)36-14-19-4-2-1-3-5-19;18-13(19)1-5-26-9-17(10-27-6-2-14(20)21,11-28-7-3-15(22)23)12-29-8-4-16(24)25;1-7-5-3-4-6-8(7)2;1-4-7(5-2)6-3/h1-5H,6-18H2,(H,25,26)(H,27,28)(H,29,30);1-12H2,(H,18,19)(H,20,21)(H,22,23)(H,24,25);3-6H,1-2H3;4-6H2,1-3H3/q;;+1;. The lowest BCUT2D eigenvalue weighted by Crippen LogP contribution is -2.42. The van der Waals surface area contributed by atoms with Gasteiger partial charge < -0.3 is 83.3 Å². The van der Waals surface area contributed by atoms with Gasteiger partial charge in [-0.15, -0.1) is 0 Å². The van der Waals surface area contributed by atoms with E-state index < -0.39 is 58.6 Å². The summed E-state index contributed by atoms with van der Waals surface area (Å²) in [6, 6.07) is 15.3. The van der Waals surface area contributed by atoms with Gasteiger partial charge in [0, 0.05) is 19.1 Å². The quantitative estimate of drug-likeness (QED) is 0.0282. The van der Waals surface area contributed by atoms with E-state index in [-0.39, 0.29) is 164 Å². The Kier molecular flexibility index (Phi) is 46.1. The van der Waals surface area contributed by atoms with E-state index in [0.29, 0.717) is 0 Å². The Labute approximate surface area is 467 Å². The molecule has 0 unspecified atom stereocenters. The molecule has 0 aliphatic heterocycles. The van der Waals surface area contributed by atoms with Crippen LogP contribution in [0.15, 0.2) is 54.7 Å². The number of benzene rings is 1. The molecule has 0 fully saturated rings. The van der Waals surface area contributed by atoms with Crippen LogP contribution in [0, 0.1) is 17.8 Å². The SMILES string of the molecule is CCN(CC)CC.Cc1cccc[n+]1C.O=C(O)CCOCC(COCCC(=O)O)(COCCC(=O)O)COCCC(=O)O.O=C(O)CCOCC(COCCC(=O)O)(COCCC(=O)O)COCCC(=O)OCc1ccccc1. The molecular weight excluding hydrogens is 1060 g/mol. The van der Waals surface area contributed by atoms with Crippen molar-refractivity contribution in [1.29, 1.82) is 0 Å². The number of nitrogens with zero attached hydrogens (tertiary/aromatic N) is 2. The smallest absolute Gasteiger partial charge is 0.308 e. The number of aryl methyl sites for hydroxylation is 2. The molecular formula is C54H87N2O24+. The van der Waals surface area contributed by atoms with Crippen LogP contribution >= 0.6 is 0 Å². The van der Waals surface area contributed by atoms with E-state index in [1.807, 2.05) is 55.7 Å². The average molecular weight is 1150 g/mol. The number of carboxylic acid groups (broad SMARTS) is 7. The van der Waals surface area contributed by atoms with E-state index in [1.165, 1.54) is 25.3 Å². The van der Waals surface area contributed by atoms with Crippen molar-refractivity contribution in [2.24, 2.45) is 17.9 Å². The first-order valence-corrected chi connectivity index (χ1v) is 26.0. The highest BCUT2D eigenvalue weighted by Crippen LogP contribution is 2.23. The summed E-state index contributed by atoms with van der Waals surface area (Å²) in [4.78, 5) is 89.3. The topological polar surface area (TPSA) is 368 Å². The van der Waals surface area contributed by atoms with Gasteiger partial charge in [0.1, 0.15) is 13.7 Å². The van der Waals surface area contributed by atoms with Gasteiger partial charge in [-0.3, -0.25) is 38.4 Å². The molecule has 0 aliphatic rings. The highest BCUT2D eigenvalue weighted by Gasteiger charge is 2.34. The van der Waals surface area contributed by atoms with Crippen molar-refractivity contribution in [3.05, 3.63) is 66.0 Å². The van der Waals surface area contributed by atoms with E-state index in [9.17, 15) is 38.4 Å². The second-order valence-electron chi connectivity index (χ2n) is 17.9. The maximum atomic E-state index is 12.0. The Morgan fingerprint density at radius 1 is 0.412 bits per heavy atom. The first kappa shape index (κ1) is 75.8. The van der Waals surface area contributed by atoms with Crippen LogP contribution in [0.25, 0.3) is 0 Å². The predicted octanol–water partition coefficient (Wildman–Crippen LogP) is 3.70. The summed E-state index contributed by atoms with van der Waals surface area (Å²) in [5, 5.41) is 61.3. The minimum absolute atomic E-state index is 0.00868. The number of ether oxygens (including phenoxy) is 9. The maximum absolute atomic E-state index is 12.0. The van der Waals surface area contributed by atoms with E-state index in [1.54, 1.807) is 0 Å². The number of esters is 1. The molecule has 0 amide bonds. The fourth-order valence-electron chi connectivity index (χ4n) is 6.17. The highest BCUT2D eigenvalue weighted by atomic mass is 16.5. The molecule has 456 valence electrons. The Hall–Kier alpha value is -6.23. The second kappa shape index (κ2) is 48.7. The Balaban J connectivity index is 0. The highest BCUT2D eigenvalue weighted by molar-refractivity contribution is 5.70. The Morgan fingerprint density at radius 2 is 0.675 bits per heavy atom. The first-order chi connectivity index (χ1) is 38.0. The van der Waals surface area contributed by atoms with Gasteiger partial charge in [-0.25, -0.2) is 4.57 Å². The molecule has 0 aliphatic carbocycles. The Bertz CT molecular complexity index is 1830. The third kappa shape index (κ3) is 46.7. The number of rotatable bonds is 45. The zero-order valence-corrected chi connectivity index (χ0v) is 47.0. The summed E-state index contributed by atoms with van der Waals surface area (Å²) < 4.78 is 50.9. The van der Waals surface area contributed by atoms with E-state index in [4.69, 9.17) is 78.4 Å². The molecule has 0 saturated carbocycles. The normalized spacial score (nSPS) is 11.0. The third-order valence-electron chi connectivity index (χ3n) is 10.8. The van der Waals surface area contributed by atoms with Gasteiger partial charge in [0.2, 0.25) is 0 Å². The zero-order valence-electron chi connectivity index (χ0n) is 47.0. The van der Waals surface area contributed by atoms with Crippen molar-refractivity contribution < 1.29 is 121 Å². The molecule has 0 atom stereocenters. The number of carboxylic acids is 7. The number of aromatic nitrogens is 1. The number of carbonyl (C=O) groups is 8.